The van der Waals surface area contributed by atoms with Crippen LogP contribution < -0.4 is 4.74 Å². The molecule has 0 bridgehead atoms. The third kappa shape index (κ3) is 6.66. The molecule has 2 aromatic heterocycles. The maximum Gasteiger partial charge on any atom is 0.259 e. The zero-order valence-corrected chi connectivity index (χ0v) is 21.9. The molecule has 1 N–H and O–H groups in total. The highest BCUT2D eigenvalue weighted by molar-refractivity contribution is 5.97. The molecule has 1 fully saturated rings. The van der Waals surface area contributed by atoms with Crippen LogP contribution in [0.4, 0.5) is 0 Å². The van der Waals surface area contributed by atoms with Crippen molar-refractivity contribution in [2.24, 2.45) is 11.8 Å². The van der Waals surface area contributed by atoms with Crippen LogP contribution in [-0.4, -0.2) is 75.6 Å². The summed E-state index contributed by atoms with van der Waals surface area (Å²) >= 11 is 0. The van der Waals surface area contributed by atoms with Crippen LogP contribution in [0.15, 0.2) is 36.7 Å². The quantitative estimate of drug-likeness (QED) is 0.608. The smallest absolute Gasteiger partial charge is 0.259 e. The van der Waals surface area contributed by atoms with Crippen molar-refractivity contribution in [1.29, 1.82) is 0 Å². The summed E-state index contributed by atoms with van der Waals surface area (Å²) in [6.07, 6.45) is 7.76. The summed E-state index contributed by atoms with van der Waals surface area (Å²) in [6, 6.07) is 6.87. The van der Waals surface area contributed by atoms with Gasteiger partial charge in [0.25, 0.3) is 5.91 Å². The molecular formula is C29H36N4O4. The van der Waals surface area contributed by atoms with Crippen LogP contribution >= 0.6 is 0 Å². The molecule has 0 radical (unpaired) electrons. The molecule has 0 spiro atoms. The molecule has 196 valence electrons. The number of carbonyl (C=O) groups excluding carboxylic acids is 2. The molecule has 2 amide bonds. The second-order valence-electron chi connectivity index (χ2n) is 10.2. The number of ether oxygens (including phenoxy) is 1. The number of pyridine rings is 2. The predicted molar refractivity (Wildman–Crippen MR) is 140 cm³/mol. The maximum absolute atomic E-state index is 13.6. The highest BCUT2D eigenvalue weighted by Crippen LogP contribution is 2.28. The van der Waals surface area contributed by atoms with Gasteiger partial charge in [-0.25, -0.2) is 4.98 Å². The minimum atomic E-state index is -0.402. The number of hydrogen-bond donors (Lipinski definition) is 1. The molecule has 0 unspecified atom stereocenters. The van der Waals surface area contributed by atoms with Crippen LogP contribution in [0.25, 0.3) is 0 Å². The lowest BCUT2D eigenvalue weighted by atomic mass is 9.99. The zero-order valence-electron chi connectivity index (χ0n) is 21.9. The SMILES string of the molecule is C[C@@H]1CN([C@@H](C)CO)C(=O)c2cc(C#CC3CCCC3)cnc2O[C@H]1CN(C)C(=O)Cc1ccccn1. The summed E-state index contributed by atoms with van der Waals surface area (Å²) in [7, 11) is 1.75. The number of amides is 2. The van der Waals surface area contributed by atoms with Gasteiger partial charge in [0, 0.05) is 49.1 Å². The van der Waals surface area contributed by atoms with Crippen molar-refractivity contribution < 1.29 is 19.4 Å². The van der Waals surface area contributed by atoms with E-state index in [-0.39, 0.29) is 42.7 Å². The number of aliphatic hydroxyl groups is 1. The molecule has 3 heterocycles. The maximum atomic E-state index is 13.6. The van der Waals surface area contributed by atoms with Crippen molar-refractivity contribution in [3.63, 3.8) is 0 Å². The lowest BCUT2D eigenvalue weighted by molar-refractivity contribution is -0.130. The molecule has 37 heavy (non-hydrogen) atoms. The molecule has 2 aromatic rings. The van der Waals surface area contributed by atoms with Crippen LogP contribution in [0.1, 0.15) is 61.1 Å². The summed E-state index contributed by atoms with van der Waals surface area (Å²) < 4.78 is 6.31. The van der Waals surface area contributed by atoms with Crippen LogP contribution in [0.5, 0.6) is 5.88 Å². The van der Waals surface area contributed by atoms with E-state index in [9.17, 15) is 14.7 Å². The van der Waals surface area contributed by atoms with Gasteiger partial charge in [-0.2, -0.15) is 0 Å². The summed E-state index contributed by atoms with van der Waals surface area (Å²) in [4.78, 5) is 38.5. The number of aromatic nitrogens is 2. The Morgan fingerprint density at radius 2 is 2.08 bits per heavy atom. The van der Waals surface area contributed by atoms with Gasteiger partial charge in [0.05, 0.1) is 25.6 Å². The topological polar surface area (TPSA) is 95.9 Å². The normalized spacial score (nSPS) is 20.6. The highest BCUT2D eigenvalue weighted by atomic mass is 16.5. The Hall–Kier alpha value is -3.44. The van der Waals surface area contributed by atoms with Crippen molar-refractivity contribution in [1.82, 2.24) is 19.8 Å². The summed E-state index contributed by atoms with van der Waals surface area (Å²) in [5.41, 5.74) is 1.71. The Kier molecular flexibility index (Phi) is 8.78. The highest BCUT2D eigenvalue weighted by Gasteiger charge is 2.34. The van der Waals surface area contributed by atoms with Crippen molar-refractivity contribution in [2.45, 2.75) is 58.1 Å². The molecule has 4 rings (SSSR count). The molecule has 1 aliphatic carbocycles. The van der Waals surface area contributed by atoms with Crippen molar-refractivity contribution in [3.05, 3.63) is 53.5 Å². The van der Waals surface area contributed by atoms with Crippen LogP contribution in [0.3, 0.4) is 0 Å². The van der Waals surface area contributed by atoms with Crippen LogP contribution in [0, 0.1) is 23.7 Å². The number of likely N-dealkylation sites (N-methyl/N-ethyl adjacent to an activating group) is 1. The minimum Gasteiger partial charge on any atom is -0.472 e. The van der Waals surface area contributed by atoms with E-state index in [0.29, 0.717) is 35.8 Å². The molecule has 1 saturated carbocycles. The van der Waals surface area contributed by atoms with E-state index in [1.54, 1.807) is 35.3 Å². The standard InChI is InChI=1S/C29H36N4O4/c1-20-17-33(21(2)19-34)29(36)25-14-23(12-11-22-8-4-5-9-22)16-31-28(25)37-26(20)18-32(3)27(35)15-24-10-6-7-13-30-24/h6-7,10,13-14,16,20-22,26,34H,4-5,8-9,15,17-19H2,1-3H3/t20-,21+,26+/m1/s1. The van der Waals surface area contributed by atoms with Gasteiger partial charge < -0.3 is 19.6 Å². The number of hydrogen-bond acceptors (Lipinski definition) is 6. The lowest BCUT2D eigenvalue weighted by Gasteiger charge is -2.37. The number of fused-ring (bicyclic) bond motifs is 1. The van der Waals surface area contributed by atoms with E-state index in [0.717, 1.165) is 12.8 Å². The molecule has 8 heteroatoms. The van der Waals surface area contributed by atoms with Gasteiger partial charge in [-0.15, -0.1) is 0 Å². The monoisotopic (exact) mass is 504 g/mol. The Labute approximate surface area is 219 Å². The van der Waals surface area contributed by atoms with Gasteiger partial charge in [0.1, 0.15) is 11.7 Å². The van der Waals surface area contributed by atoms with Crippen molar-refractivity contribution in [3.8, 4) is 17.7 Å². The van der Waals surface area contributed by atoms with Gasteiger partial charge in [0.2, 0.25) is 11.8 Å². The minimum absolute atomic E-state index is 0.0704. The van der Waals surface area contributed by atoms with Crippen molar-refractivity contribution in [2.75, 3.05) is 26.7 Å². The second-order valence-corrected chi connectivity index (χ2v) is 10.2. The molecule has 0 aromatic carbocycles. The van der Waals surface area contributed by atoms with Gasteiger partial charge in [-0.3, -0.25) is 14.6 Å². The Balaban J connectivity index is 1.58. The average Bonchev–Trinajstić information content (AvgIpc) is 3.43. The van der Waals surface area contributed by atoms with E-state index in [1.165, 1.54) is 12.8 Å². The third-order valence-corrected chi connectivity index (χ3v) is 7.23. The first-order valence-corrected chi connectivity index (χ1v) is 13.1. The largest absolute Gasteiger partial charge is 0.472 e. The van der Waals surface area contributed by atoms with Gasteiger partial charge >= 0.3 is 0 Å². The fraction of sp³-hybridized carbons (Fsp3) is 0.517. The lowest BCUT2D eigenvalue weighted by Crippen LogP contribution is -2.50. The first kappa shape index (κ1) is 26.6. The van der Waals surface area contributed by atoms with Gasteiger partial charge in [-0.1, -0.05) is 37.7 Å². The van der Waals surface area contributed by atoms with E-state index < -0.39 is 6.10 Å². The molecule has 0 saturated heterocycles. The van der Waals surface area contributed by atoms with E-state index in [1.807, 2.05) is 32.0 Å². The first-order valence-electron chi connectivity index (χ1n) is 13.1. The Morgan fingerprint density at radius 1 is 1.30 bits per heavy atom. The summed E-state index contributed by atoms with van der Waals surface area (Å²) in [6.45, 7) is 4.36. The van der Waals surface area contributed by atoms with Gasteiger partial charge in [0.15, 0.2) is 0 Å². The number of nitrogens with zero attached hydrogens (tertiary/aromatic N) is 4. The first-order chi connectivity index (χ1) is 17.9. The summed E-state index contributed by atoms with van der Waals surface area (Å²) in [5, 5.41) is 9.86. The van der Waals surface area contributed by atoms with E-state index in [4.69, 9.17) is 4.74 Å². The van der Waals surface area contributed by atoms with Gasteiger partial charge in [-0.05, 0) is 38.0 Å². The molecule has 2 aliphatic rings. The number of carbonyl (C=O) groups is 2. The molecule has 1 aliphatic heterocycles. The fourth-order valence-electron chi connectivity index (χ4n) is 4.81. The van der Waals surface area contributed by atoms with Crippen LogP contribution in [0.2, 0.25) is 0 Å². The zero-order chi connectivity index (χ0) is 26.4. The summed E-state index contributed by atoms with van der Waals surface area (Å²) in [5.74, 6) is 6.72. The third-order valence-electron chi connectivity index (χ3n) is 7.23. The molecule has 3 atom stereocenters. The number of aliphatic hydroxyl groups excluding tert-OH is 1. The molecular weight excluding hydrogens is 468 g/mol. The van der Waals surface area contributed by atoms with Crippen LogP contribution in [-0.2, 0) is 11.2 Å². The Bertz CT molecular complexity index is 1150. The van der Waals surface area contributed by atoms with E-state index in [2.05, 4.69) is 21.8 Å². The predicted octanol–water partition coefficient (Wildman–Crippen LogP) is 2.94. The average molecular weight is 505 g/mol. The van der Waals surface area contributed by atoms with Crippen molar-refractivity contribution >= 4 is 11.8 Å². The second kappa shape index (κ2) is 12.2. The van der Waals surface area contributed by atoms with E-state index >= 15 is 0 Å². The molecule has 8 nitrogen and oxygen atoms in total. The fourth-order valence-corrected chi connectivity index (χ4v) is 4.81. The Morgan fingerprint density at radius 3 is 2.78 bits per heavy atom. The number of rotatable bonds is 6.